The van der Waals surface area contributed by atoms with Gasteiger partial charge in [-0.1, -0.05) is 6.08 Å². The van der Waals surface area contributed by atoms with Crippen LogP contribution in [-0.4, -0.2) is 19.8 Å². The van der Waals surface area contributed by atoms with E-state index in [1.54, 1.807) is 12.1 Å². The standard InChI is InChI=1S/C17H20FNO2/c1-2-3-11-20-12-10-19-13-16-8-9-17(21-16)14-4-6-15(18)7-5-14/h2,4-9,19H,1,3,10-13H2. The topological polar surface area (TPSA) is 34.4 Å². The van der Waals surface area contributed by atoms with Crippen molar-refractivity contribution in [2.24, 2.45) is 0 Å². The first-order valence-corrected chi connectivity index (χ1v) is 7.03. The number of hydrogen-bond acceptors (Lipinski definition) is 3. The van der Waals surface area contributed by atoms with Gasteiger partial charge in [-0.05, 0) is 42.8 Å². The zero-order valence-electron chi connectivity index (χ0n) is 12.0. The van der Waals surface area contributed by atoms with E-state index < -0.39 is 0 Å². The highest BCUT2D eigenvalue weighted by Crippen LogP contribution is 2.22. The highest BCUT2D eigenvalue weighted by atomic mass is 19.1. The smallest absolute Gasteiger partial charge is 0.134 e. The minimum atomic E-state index is -0.247. The molecule has 0 aliphatic rings. The lowest BCUT2D eigenvalue weighted by atomic mass is 10.2. The summed E-state index contributed by atoms with van der Waals surface area (Å²) < 4.78 is 24.0. The van der Waals surface area contributed by atoms with Crippen molar-refractivity contribution in [3.63, 3.8) is 0 Å². The summed E-state index contributed by atoms with van der Waals surface area (Å²) in [5, 5.41) is 3.25. The molecule has 0 spiro atoms. The van der Waals surface area contributed by atoms with Crippen LogP contribution in [0.1, 0.15) is 12.2 Å². The van der Waals surface area contributed by atoms with Crippen LogP contribution in [0.5, 0.6) is 0 Å². The number of furan rings is 1. The molecule has 1 aromatic heterocycles. The lowest BCUT2D eigenvalue weighted by Gasteiger charge is -2.03. The van der Waals surface area contributed by atoms with Crippen molar-refractivity contribution in [3.8, 4) is 11.3 Å². The zero-order valence-corrected chi connectivity index (χ0v) is 12.0. The van der Waals surface area contributed by atoms with Gasteiger partial charge in [-0.2, -0.15) is 0 Å². The van der Waals surface area contributed by atoms with Crippen molar-refractivity contribution in [3.05, 3.63) is 60.6 Å². The van der Waals surface area contributed by atoms with E-state index in [0.717, 1.165) is 30.0 Å². The van der Waals surface area contributed by atoms with E-state index in [-0.39, 0.29) is 5.82 Å². The minimum Gasteiger partial charge on any atom is -0.460 e. The fourth-order valence-electron chi connectivity index (χ4n) is 1.87. The maximum Gasteiger partial charge on any atom is 0.134 e. The van der Waals surface area contributed by atoms with Crippen LogP contribution in [0.15, 0.2) is 53.5 Å². The molecule has 0 saturated heterocycles. The SMILES string of the molecule is C=CCCOCCNCc1ccc(-c2ccc(F)cc2)o1. The highest BCUT2D eigenvalue weighted by Gasteiger charge is 2.04. The Bertz CT molecular complexity index is 548. The van der Waals surface area contributed by atoms with E-state index in [2.05, 4.69) is 11.9 Å². The van der Waals surface area contributed by atoms with Crippen LogP contribution in [0.3, 0.4) is 0 Å². The van der Waals surface area contributed by atoms with Crippen LogP contribution in [0, 0.1) is 5.82 Å². The van der Waals surface area contributed by atoms with Gasteiger partial charge in [0.25, 0.3) is 0 Å². The molecular weight excluding hydrogens is 269 g/mol. The molecule has 0 atom stereocenters. The fraction of sp³-hybridized carbons (Fsp3) is 0.294. The van der Waals surface area contributed by atoms with Crippen LogP contribution >= 0.6 is 0 Å². The quantitative estimate of drug-likeness (QED) is 0.563. The van der Waals surface area contributed by atoms with Gasteiger partial charge in [0.1, 0.15) is 17.3 Å². The fourth-order valence-corrected chi connectivity index (χ4v) is 1.87. The second-order valence-electron chi connectivity index (χ2n) is 4.64. The van der Waals surface area contributed by atoms with Crippen molar-refractivity contribution < 1.29 is 13.5 Å². The van der Waals surface area contributed by atoms with Gasteiger partial charge < -0.3 is 14.5 Å². The Morgan fingerprint density at radius 3 is 2.71 bits per heavy atom. The van der Waals surface area contributed by atoms with E-state index >= 15 is 0 Å². The van der Waals surface area contributed by atoms with Crippen LogP contribution in [0.25, 0.3) is 11.3 Å². The lowest BCUT2D eigenvalue weighted by molar-refractivity contribution is 0.140. The van der Waals surface area contributed by atoms with Gasteiger partial charge in [0.05, 0.1) is 19.8 Å². The molecule has 2 aromatic rings. The summed E-state index contributed by atoms with van der Waals surface area (Å²) in [6, 6.07) is 10.1. The van der Waals surface area contributed by atoms with Crippen LogP contribution in [-0.2, 0) is 11.3 Å². The third kappa shape index (κ3) is 5.17. The van der Waals surface area contributed by atoms with Crippen molar-refractivity contribution in [2.75, 3.05) is 19.8 Å². The summed E-state index contributed by atoms with van der Waals surface area (Å²) in [7, 11) is 0. The van der Waals surface area contributed by atoms with Gasteiger partial charge in [-0.25, -0.2) is 4.39 Å². The summed E-state index contributed by atoms with van der Waals surface area (Å²) in [5.41, 5.74) is 0.871. The summed E-state index contributed by atoms with van der Waals surface area (Å²) >= 11 is 0. The third-order valence-corrected chi connectivity index (χ3v) is 2.98. The Morgan fingerprint density at radius 2 is 1.95 bits per heavy atom. The molecule has 3 nitrogen and oxygen atoms in total. The number of halogens is 1. The molecule has 112 valence electrons. The largest absolute Gasteiger partial charge is 0.460 e. The molecule has 0 saturated carbocycles. The molecule has 0 fully saturated rings. The van der Waals surface area contributed by atoms with E-state index in [1.165, 1.54) is 12.1 Å². The molecule has 0 unspecified atom stereocenters. The van der Waals surface area contributed by atoms with Crippen molar-refractivity contribution in [1.82, 2.24) is 5.32 Å². The second kappa shape index (κ2) is 8.39. The Balaban J connectivity index is 1.73. The third-order valence-electron chi connectivity index (χ3n) is 2.98. The van der Waals surface area contributed by atoms with E-state index in [0.29, 0.717) is 19.8 Å². The molecule has 0 aliphatic carbocycles. The molecule has 21 heavy (non-hydrogen) atoms. The Hall–Kier alpha value is -1.91. The molecule has 1 aromatic carbocycles. The first-order valence-electron chi connectivity index (χ1n) is 7.03. The predicted octanol–water partition coefficient (Wildman–Crippen LogP) is 3.77. The first kappa shape index (κ1) is 15.5. The number of rotatable bonds is 9. The van der Waals surface area contributed by atoms with E-state index in [4.69, 9.17) is 9.15 Å². The molecule has 1 N–H and O–H groups in total. The van der Waals surface area contributed by atoms with Gasteiger partial charge in [0.15, 0.2) is 0 Å². The maximum absolute atomic E-state index is 12.9. The molecule has 0 amide bonds. The number of benzene rings is 1. The van der Waals surface area contributed by atoms with Crippen LogP contribution in [0.2, 0.25) is 0 Å². The molecule has 4 heteroatoms. The van der Waals surface area contributed by atoms with Crippen LogP contribution < -0.4 is 5.32 Å². The summed E-state index contributed by atoms with van der Waals surface area (Å²) in [5.74, 6) is 1.35. The summed E-state index contributed by atoms with van der Waals surface area (Å²) in [6.45, 7) is 6.43. The van der Waals surface area contributed by atoms with Crippen molar-refractivity contribution >= 4 is 0 Å². The first-order chi connectivity index (χ1) is 10.3. The maximum atomic E-state index is 12.9. The zero-order chi connectivity index (χ0) is 14.9. The molecule has 0 aliphatic heterocycles. The molecule has 2 rings (SSSR count). The minimum absolute atomic E-state index is 0.247. The molecule has 0 radical (unpaired) electrons. The van der Waals surface area contributed by atoms with Gasteiger partial charge in [0.2, 0.25) is 0 Å². The van der Waals surface area contributed by atoms with Crippen LogP contribution in [0.4, 0.5) is 4.39 Å². The Morgan fingerprint density at radius 1 is 1.14 bits per heavy atom. The molecule has 1 heterocycles. The summed E-state index contributed by atoms with van der Waals surface area (Å²) in [6.07, 6.45) is 2.71. The van der Waals surface area contributed by atoms with Crippen molar-refractivity contribution in [2.45, 2.75) is 13.0 Å². The monoisotopic (exact) mass is 289 g/mol. The van der Waals surface area contributed by atoms with E-state index in [9.17, 15) is 4.39 Å². The Kier molecular flexibility index (Phi) is 6.19. The predicted molar refractivity (Wildman–Crippen MR) is 81.4 cm³/mol. The van der Waals surface area contributed by atoms with Gasteiger partial charge in [-0.3, -0.25) is 0 Å². The average molecular weight is 289 g/mol. The van der Waals surface area contributed by atoms with Gasteiger partial charge >= 0.3 is 0 Å². The lowest BCUT2D eigenvalue weighted by Crippen LogP contribution is -2.19. The molecular formula is C17H20FNO2. The van der Waals surface area contributed by atoms with Gasteiger partial charge in [0, 0.05) is 12.1 Å². The van der Waals surface area contributed by atoms with Crippen molar-refractivity contribution in [1.29, 1.82) is 0 Å². The average Bonchev–Trinajstić information content (AvgIpc) is 2.96. The highest BCUT2D eigenvalue weighted by molar-refractivity contribution is 5.57. The number of hydrogen-bond donors (Lipinski definition) is 1. The normalized spacial score (nSPS) is 10.7. The number of nitrogens with one attached hydrogen (secondary N) is 1. The Labute approximate surface area is 124 Å². The van der Waals surface area contributed by atoms with Gasteiger partial charge in [-0.15, -0.1) is 6.58 Å². The number of ether oxygens (including phenoxy) is 1. The second-order valence-corrected chi connectivity index (χ2v) is 4.64. The van der Waals surface area contributed by atoms with E-state index in [1.807, 2.05) is 18.2 Å². The molecule has 0 bridgehead atoms. The summed E-state index contributed by atoms with van der Waals surface area (Å²) in [4.78, 5) is 0.